The van der Waals surface area contributed by atoms with Gasteiger partial charge in [0.1, 0.15) is 11.7 Å². The average molecular weight is 270 g/mol. The minimum atomic E-state index is -0.492. The van der Waals surface area contributed by atoms with Gasteiger partial charge in [0, 0.05) is 25.0 Å². The van der Waals surface area contributed by atoms with Gasteiger partial charge in [0.2, 0.25) is 11.7 Å². The van der Waals surface area contributed by atoms with Crippen LogP contribution in [0.15, 0.2) is 35.2 Å². The smallest absolute Gasteiger partial charge is 0.248 e. The van der Waals surface area contributed by atoms with Gasteiger partial charge in [0.05, 0.1) is 6.20 Å². The molecule has 0 bridgehead atoms. The van der Waals surface area contributed by atoms with E-state index < -0.39 is 6.04 Å². The summed E-state index contributed by atoms with van der Waals surface area (Å²) in [5.74, 6) is 0.787. The Bertz CT molecular complexity index is 732. The summed E-state index contributed by atoms with van der Waals surface area (Å²) < 4.78 is 6.91. The molecule has 20 heavy (non-hydrogen) atoms. The molecule has 3 aromatic rings. The third-order valence-electron chi connectivity index (χ3n) is 3.01. The van der Waals surface area contributed by atoms with E-state index in [1.54, 1.807) is 17.1 Å². The lowest BCUT2D eigenvalue weighted by Crippen LogP contribution is -2.11. The van der Waals surface area contributed by atoms with E-state index in [0.717, 1.165) is 11.1 Å². The van der Waals surface area contributed by atoms with E-state index in [1.165, 1.54) is 0 Å². The fourth-order valence-corrected chi connectivity index (χ4v) is 1.92. The number of aryl methyl sites for hydroxylation is 2. The summed E-state index contributed by atoms with van der Waals surface area (Å²) in [6.45, 7) is 1.94. The highest BCUT2D eigenvalue weighted by Gasteiger charge is 2.19. The molecule has 7 nitrogen and oxygen atoms in total. The van der Waals surface area contributed by atoms with E-state index in [2.05, 4.69) is 20.2 Å². The van der Waals surface area contributed by atoms with Crippen LogP contribution in [-0.4, -0.2) is 24.9 Å². The maximum atomic E-state index is 6.09. The first-order chi connectivity index (χ1) is 9.65. The minimum Gasteiger partial charge on any atom is -0.337 e. The summed E-state index contributed by atoms with van der Waals surface area (Å²) in [6.07, 6.45) is 5.19. The highest BCUT2D eigenvalue weighted by Crippen LogP contribution is 2.22. The first-order valence-corrected chi connectivity index (χ1v) is 6.15. The zero-order valence-corrected chi connectivity index (χ0v) is 11.2. The molecule has 3 heterocycles. The largest absolute Gasteiger partial charge is 0.337 e. The molecule has 0 aliphatic heterocycles. The van der Waals surface area contributed by atoms with Crippen molar-refractivity contribution in [3.8, 4) is 11.5 Å². The molecule has 0 aliphatic carbocycles. The SMILES string of the molecule is Cc1cccnc1-c1noc(C(N)c2cnn(C)c2)n1. The van der Waals surface area contributed by atoms with Crippen molar-refractivity contribution in [3.05, 3.63) is 47.7 Å². The van der Waals surface area contributed by atoms with E-state index in [1.807, 2.05) is 32.3 Å². The van der Waals surface area contributed by atoms with Gasteiger partial charge in [-0.1, -0.05) is 11.2 Å². The lowest BCUT2D eigenvalue weighted by atomic mass is 10.2. The highest BCUT2D eigenvalue weighted by molar-refractivity contribution is 5.53. The molecule has 0 amide bonds. The van der Waals surface area contributed by atoms with Crippen molar-refractivity contribution < 1.29 is 4.52 Å². The Morgan fingerprint density at radius 3 is 2.95 bits per heavy atom. The number of hydrogen-bond donors (Lipinski definition) is 1. The highest BCUT2D eigenvalue weighted by atomic mass is 16.5. The maximum absolute atomic E-state index is 6.09. The van der Waals surface area contributed by atoms with E-state index >= 15 is 0 Å². The average Bonchev–Trinajstić information content (AvgIpc) is 3.07. The van der Waals surface area contributed by atoms with Crippen molar-refractivity contribution in [2.75, 3.05) is 0 Å². The number of pyridine rings is 1. The second-order valence-corrected chi connectivity index (χ2v) is 4.55. The molecule has 0 spiro atoms. The standard InChI is InChI=1S/C13H14N6O/c1-8-4-3-5-15-11(8)12-17-13(20-18-12)10(14)9-6-16-19(2)7-9/h3-7,10H,14H2,1-2H3. The van der Waals surface area contributed by atoms with Gasteiger partial charge in [0.25, 0.3) is 0 Å². The fraction of sp³-hybridized carbons (Fsp3) is 0.231. The summed E-state index contributed by atoms with van der Waals surface area (Å²) in [5.41, 5.74) is 8.59. The zero-order valence-electron chi connectivity index (χ0n) is 11.2. The van der Waals surface area contributed by atoms with Crippen LogP contribution in [0.25, 0.3) is 11.5 Å². The summed E-state index contributed by atoms with van der Waals surface area (Å²) in [4.78, 5) is 8.58. The first kappa shape index (κ1) is 12.5. The molecule has 0 aromatic carbocycles. The van der Waals surface area contributed by atoms with Gasteiger partial charge in [0.15, 0.2) is 0 Å². The number of hydrogen-bond acceptors (Lipinski definition) is 6. The van der Waals surface area contributed by atoms with Crippen molar-refractivity contribution in [3.63, 3.8) is 0 Å². The second-order valence-electron chi connectivity index (χ2n) is 4.55. The van der Waals surface area contributed by atoms with Crippen molar-refractivity contribution in [1.82, 2.24) is 24.9 Å². The molecule has 0 fully saturated rings. The first-order valence-electron chi connectivity index (χ1n) is 6.15. The topological polar surface area (TPSA) is 95.6 Å². The van der Waals surface area contributed by atoms with Crippen LogP contribution in [0, 0.1) is 6.92 Å². The third kappa shape index (κ3) is 2.19. The Labute approximate surface area is 115 Å². The van der Waals surface area contributed by atoms with E-state index in [-0.39, 0.29) is 0 Å². The Balaban J connectivity index is 1.93. The monoisotopic (exact) mass is 270 g/mol. The van der Waals surface area contributed by atoms with Gasteiger partial charge in [-0.15, -0.1) is 0 Å². The van der Waals surface area contributed by atoms with Gasteiger partial charge < -0.3 is 10.3 Å². The van der Waals surface area contributed by atoms with Gasteiger partial charge in [-0.25, -0.2) is 0 Å². The Morgan fingerprint density at radius 2 is 2.25 bits per heavy atom. The Kier molecular flexibility index (Phi) is 3.03. The molecule has 3 rings (SSSR count). The van der Waals surface area contributed by atoms with Crippen molar-refractivity contribution in [1.29, 1.82) is 0 Å². The molecule has 7 heteroatoms. The van der Waals surface area contributed by atoms with E-state index in [0.29, 0.717) is 17.4 Å². The van der Waals surface area contributed by atoms with Gasteiger partial charge in [-0.05, 0) is 18.6 Å². The number of aromatic nitrogens is 5. The van der Waals surface area contributed by atoms with E-state index in [9.17, 15) is 0 Å². The zero-order chi connectivity index (χ0) is 14.1. The molecule has 0 radical (unpaired) electrons. The van der Waals surface area contributed by atoms with Crippen LogP contribution in [0.4, 0.5) is 0 Å². The molecule has 0 saturated carbocycles. The van der Waals surface area contributed by atoms with Crippen LogP contribution in [0.5, 0.6) is 0 Å². The third-order valence-corrected chi connectivity index (χ3v) is 3.01. The number of rotatable bonds is 3. The minimum absolute atomic E-state index is 0.345. The summed E-state index contributed by atoms with van der Waals surface area (Å²) in [5, 5.41) is 8.02. The Morgan fingerprint density at radius 1 is 1.40 bits per heavy atom. The van der Waals surface area contributed by atoms with E-state index in [4.69, 9.17) is 10.3 Å². The molecule has 2 N–H and O–H groups in total. The van der Waals surface area contributed by atoms with Crippen molar-refractivity contribution in [2.24, 2.45) is 12.8 Å². The van der Waals surface area contributed by atoms with Gasteiger partial charge in [-0.3, -0.25) is 9.67 Å². The quantitative estimate of drug-likeness (QED) is 0.768. The molecule has 0 saturated heterocycles. The van der Waals surface area contributed by atoms with Crippen LogP contribution in [0.2, 0.25) is 0 Å². The lowest BCUT2D eigenvalue weighted by Gasteiger charge is -2.01. The normalized spacial score (nSPS) is 12.6. The molecular weight excluding hydrogens is 256 g/mol. The predicted molar refractivity (Wildman–Crippen MR) is 71.5 cm³/mol. The van der Waals surface area contributed by atoms with Crippen LogP contribution in [0.1, 0.15) is 23.1 Å². The lowest BCUT2D eigenvalue weighted by molar-refractivity contribution is 0.367. The Hall–Kier alpha value is -2.54. The summed E-state index contributed by atoms with van der Waals surface area (Å²) in [6, 6.07) is 3.31. The summed E-state index contributed by atoms with van der Waals surface area (Å²) in [7, 11) is 1.83. The molecular formula is C13H14N6O. The maximum Gasteiger partial charge on any atom is 0.248 e. The number of nitrogens with zero attached hydrogens (tertiary/aromatic N) is 5. The van der Waals surface area contributed by atoms with Crippen LogP contribution in [0.3, 0.4) is 0 Å². The van der Waals surface area contributed by atoms with Crippen molar-refractivity contribution >= 4 is 0 Å². The second kappa shape index (κ2) is 4.86. The van der Waals surface area contributed by atoms with Crippen LogP contribution >= 0.6 is 0 Å². The van der Waals surface area contributed by atoms with Crippen LogP contribution in [-0.2, 0) is 7.05 Å². The fourth-order valence-electron chi connectivity index (χ4n) is 1.92. The predicted octanol–water partition coefficient (Wildman–Crippen LogP) is 1.22. The molecule has 1 atom stereocenters. The molecule has 102 valence electrons. The molecule has 1 unspecified atom stereocenters. The van der Waals surface area contributed by atoms with Crippen molar-refractivity contribution in [2.45, 2.75) is 13.0 Å². The van der Waals surface area contributed by atoms with Gasteiger partial charge >= 0.3 is 0 Å². The number of nitrogens with two attached hydrogens (primary N) is 1. The molecule has 3 aromatic heterocycles. The van der Waals surface area contributed by atoms with Crippen LogP contribution < -0.4 is 5.73 Å². The molecule has 0 aliphatic rings. The van der Waals surface area contributed by atoms with Gasteiger partial charge in [-0.2, -0.15) is 10.1 Å². The summed E-state index contributed by atoms with van der Waals surface area (Å²) >= 11 is 0.